The van der Waals surface area contributed by atoms with E-state index < -0.39 is 0 Å². The van der Waals surface area contributed by atoms with Crippen LogP contribution in [0.4, 0.5) is 0 Å². The van der Waals surface area contributed by atoms with Crippen molar-refractivity contribution in [3.63, 3.8) is 0 Å². The highest BCUT2D eigenvalue weighted by molar-refractivity contribution is 5.92. The summed E-state index contributed by atoms with van der Waals surface area (Å²) in [5, 5.41) is 8.87. The van der Waals surface area contributed by atoms with E-state index in [1.165, 1.54) is 19.3 Å². The average molecular weight is 250 g/mol. The lowest BCUT2D eigenvalue weighted by Gasteiger charge is -2.30. The van der Waals surface area contributed by atoms with E-state index in [9.17, 15) is 4.79 Å². The van der Waals surface area contributed by atoms with Gasteiger partial charge >= 0.3 is 0 Å². The molecule has 1 fully saturated rings. The molecule has 0 bridgehead atoms. The Hall–Kier alpha value is -1.29. The van der Waals surface area contributed by atoms with Gasteiger partial charge in [-0.3, -0.25) is 4.79 Å². The topological polar surface area (TPSA) is 45.5 Å². The second-order valence-electron chi connectivity index (χ2n) is 4.85. The van der Waals surface area contributed by atoms with Crippen LogP contribution in [-0.4, -0.2) is 40.2 Å². The summed E-state index contributed by atoms with van der Waals surface area (Å²) in [6, 6.07) is 4.36. The molecule has 0 aliphatic heterocycles. The minimum Gasteiger partial charge on any atom is -0.396 e. The van der Waals surface area contributed by atoms with Crippen molar-refractivity contribution < 1.29 is 9.90 Å². The number of rotatable bonds is 6. The molecule has 1 heterocycles. The summed E-state index contributed by atoms with van der Waals surface area (Å²) in [7, 11) is 0. The molecule has 1 aliphatic rings. The van der Waals surface area contributed by atoms with Crippen molar-refractivity contribution in [2.75, 3.05) is 19.7 Å². The van der Waals surface area contributed by atoms with Crippen molar-refractivity contribution >= 4 is 5.91 Å². The van der Waals surface area contributed by atoms with E-state index in [2.05, 4.69) is 4.57 Å². The van der Waals surface area contributed by atoms with Gasteiger partial charge in [0, 0.05) is 31.9 Å². The predicted octanol–water partition coefficient (Wildman–Crippen LogP) is 2.06. The molecular formula is C14H22N2O2. The Kier molecular flexibility index (Phi) is 4.42. The highest BCUT2D eigenvalue weighted by Gasteiger charge is 2.24. The SMILES string of the molecule is CCN(CCCO)C(=O)c1cccn1C1CCC1. The number of hydrogen-bond acceptors (Lipinski definition) is 2. The lowest BCUT2D eigenvalue weighted by Crippen LogP contribution is -2.34. The first-order valence-corrected chi connectivity index (χ1v) is 6.85. The Balaban J connectivity index is 2.09. The molecule has 0 aromatic carbocycles. The molecule has 1 N–H and O–H groups in total. The monoisotopic (exact) mass is 250 g/mol. The van der Waals surface area contributed by atoms with Crippen molar-refractivity contribution in [1.82, 2.24) is 9.47 Å². The van der Waals surface area contributed by atoms with E-state index in [-0.39, 0.29) is 12.5 Å². The van der Waals surface area contributed by atoms with E-state index in [0.29, 0.717) is 25.6 Å². The van der Waals surface area contributed by atoms with Crippen LogP contribution in [0, 0.1) is 0 Å². The molecule has 1 aromatic rings. The number of aliphatic hydroxyl groups is 1. The van der Waals surface area contributed by atoms with Crippen molar-refractivity contribution in [2.45, 2.75) is 38.6 Å². The van der Waals surface area contributed by atoms with Crippen LogP contribution in [0.15, 0.2) is 18.3 Å². The van der Waals surface area contributed by atoms with Crippen molar-refractivity contribution in [3.8, 4) is 0 Å². The predicted molar refractivity (Wildman–Crippen MR) is 70.6 cm³/mol. The third kappa shape index (κ3) is 2.58. The molecule has 0 unspecified atom stereocenters. The van der Waals surface area contributed by atoms with Gasteiger partial charge in [-0.15, -0.1) is 0 Å². The number of aliphatic hydroxyl groups excluding tert-OH is 1. The molecule has 1 saturated carbocycles. The number of carbonyl (C=O) groups excluding carboxylic acids is 1. The van der Waals surface area contributed by atoms with E-state index >= 15 is 0 Å². The highest BCUT2D eigenvalue weighted by Crippen LogP contribution is 2.32. The fourth-order valence-electron chi connectivity index (χ4n) is 2.39. The fraction of sp³-hybridized carbons (Fsp3) is 0.643. The molecule has 2 rings (SSSR count). The normalized spacial score (nSPS) is 15.4. The lowest BCUT2D eigenvalue weighted by atomic mass is 9.93. The minimum absolute atomic E-state index is 0.0860. The third-order valence-electron chi connectivity index (χ3n) is 3.72. The molecule has 1 aliphatic carbocycles. The largest absolute Gasteiger partial charge is 0.396 e. The zero-order valence-corrected chi connectivity index (χ0v) is 11.0. The van der Waals surface area contributed by atoms with Crippen LogP contribution < -0.4 is 0 Å². The number of carbonyl (C=O) groups is 1. The van der Waals surface area contributed by atoms with E-state index in [0.717, 1.165) is 5.69 Å². The minimum atomic E-state index is 0.0860. The van der Waals surface area contributed by atoms with Crippen LogP contribution in [0.5, 0.6) is 0 Å². The summed E-state index contributed by atoms with van der Waals surface area (Å²) in [5.41, 5.74) is 0.791. The van der Waals surface area contributed by atoms with Crippen LogP contribution in [0.2, 0.25) is 0 Å². The summed E-state index contributed by atoms with van der Waals surface area (Å²) < 4.78 is 2.12. The average Bonchev–Trinajstić information content (AvgIpc) is 2.76. The Labute approximate surface area is 108 Å². The van der Waals surface area contributed by atoms with Gasteiger partial charge in [-0.25, -0.2) is 0 Å². The van der Waals surface area contributed by atoms with Gasteiger partial charge in [0.15, 0.2) is 0 Å². The second-order valence-corrected chi connectivity index (χ2v) is 4.85. The van der Waals surface area contributed by atoms with Gasteiger partial charge in [-0.05, 0) is 44.7 Å². The molecule has 0 saturated heterocycles. The maximum atomic E-state index is 12.4. The molecule has 4 heteroatoms. The highest BCUT2D eigenvalue weighted by atomic mass is 16.3. The van der Waals surface area contributed by atoms with Gasteiger partial charge in [-0.1, -0.05) is 0 Å². The van der Waals surface area contributed by atoms with Crippen molar-refractivity contribution in [2.24, 2.45) is 0 Å². The first kappa shape index (κ1) is 13.1. The second kappa shape index (κ2) is 6.05. The van der Waals surface area contributed by atoms with Crippen molar-refractivity contribution in [1.29, 1.82) is 0 Å². The maximum Gasteiger partial charge on any atom is 0.270 e. The number of hydrogen-bond donors (Lipinski definition) is 1. The molecule has 0 atom stereocenters. The summed E-state index contributed by atoms with van der Waals surface area (Å²) >= 11 is 0. The first-order chi connectivity index (χ1) is 8.77. The Morgan fingerprint density at radius 1 is 1.56 bits per heavy atom. The van der Waals surface area contributed by atoms with Crippen LogP contribution in [0.25, 0.3) is 0 Å². The van der Waals surface area contributed by atoms with Gasteiger partial charge in [0.2, 0.25) is 0 Å². The third-order valence-corrected chi connectivity index (χ3v) is 3.72. The summed E-state index contributed by atoms with van der Waals surface area (Å²) in [6.45, 7) is 3.43. The zero-order valence-electron chi connectivity index (χ0n) is 11.0. The lowest BCUT2D eigenvalue weighted by molar-refractivity contribution is 0.0737. The van der Waals surface area contributed by atoms with Crippen LogP contribution in [-0.2, 0) is 0 Å². The smallest absolute Gasteiger partial charge is 0.270 e. The van der Waals surface area contributed by atoms with Crippen molar-refractivity contribution in [3.05, 3.63) is 24.0 Å². The van der Waals surface area contributed by atoms with E-state index in [1.54, 1.807) is 4.90 Å². The maximum absolute atomic E-state index is 12.4. The van der Waals surface area contributed by atoms with Gasteiger partial charge in [0.05, 0.1) is 0 Å². The van der Waals surface area contributed by atoms with Crippen LogP contribution in [0.1, 0.15) is 49.1 Å². The van der Waals surface area contributed by atoms with Gasteiger partial charge in [0.25, 0.3) is 5.91 Å². The molecular weight excluding hydrogens is 228 g/mol. The number of amides is 1. The molecule has 4 nitrogen and oxygen atoms in total. The number of nitrogens with zero attached hydrogens (tertiary/aromatic N) is 2. The van der Waals surface area contributed by atoms with Gasteiger partial charge in [-0.2, -0.15) is 0 Å². The van der Waals surface area contributed by atoms with Crippen LogP contribution >= 0.6 is 0 Å². The summed E-state index contributed by atoms with van der Waals surface area (Å²) in [5.74, 6) is 0.0860. The van der Waals surface area contributed by atoms with Gasteiger partial charge in [0.1, 0.15) is 5.69 Å². The van der Waals surface area contributed by atoms with Gasteiger partial charge < -0.3 is 14.6 Å². The quantitative estimate of drug-likeness (QED) is 0.840. The molecule has 18 heavy (non-hydrogen) atoms. The molecule has 100 valence electrons. The molecule has 0 spiro atoms. The standard InChI is InChI=1S/C14H22N2O2/c1-2-15(9-5-11-17)14(18)13-8-4-10-16(13)12-6-3-7-12/h4,8,10,12,17H,2-3,5-7,9,11H2,1H3. The zero-order chi connectivity index (χ0) is 13.0. The number of aromatic nitrogens is 1. The Bertz CT molecular complexity index is 396. The molecule has 1 amide bonds. The fourth-order valence-corrected chi connectivity index (χ4v) is 2.39. The Morgan fingerprint density at radius 3 is 2.89 bits per heavy atom. The first-order valence-electron chi connectivity index (χ1n) is 6.85. The van der Waals surface area contributed by atoms with Crippen LogP contribution in [0.3, 0.4) is 0 Å². The summed E-state index contributed by atoms with van der Waals surface area (Å²) in [6.07, 6.45) is 6.27. The Morgan fingerprint density at radius 2 is 2.33 bits per heavy atom. The van der Waals surface area contributed by atoms with E-state index in [1.807, 2.05) is 25.3 Å². The van der Waals surface area contributed by atoms with E-state index in [4.69, 9.17) is 5.11 Å². The summed E-state index contributed by atoms with van der Waals surface area (Å²) in [4.78, 5) is 14.2. The molecule has 0 radical (unpaired) electrons. The molecule has 1 aromatic heterocycles.